The molecule has 65 heavy (non-hydrogen) atoms. The van der Waals surface area contributed by atoms with Crippen LogP contribution in [0.3, 0.4) is 0 Å². The molecule has 0 bridgehead atoms. The van der Waals surface area contributed by atoms with Gasteiger partial charge in [0.25, 0.3) is 27.6 Å². The number of hydrogen-bond donors (Lipinski definition) is 5. The number of nitrogens with one attached hydrogen (secondary N) is 4. The van der Waals surface area contributed by atoms with Crippen LogP contribution in [0.25, 0.3) is 0 Å². The third kappa shape index (κ3) is 9.63. The van der Waals surface area contributed by atoms with Gasteiger partial charge < -0.3 is 45.5 Å². The zero-order valence-corrected chi connectivity index (χ0v) is 36.6. The molecule has 0 aliphatic carbocycles. The second-order valence-corrected chi connectivity index (χ2v) is 15.7. The quantitative estimate of drug-likeness (QED) is 0.0702. The van der Waals surface area contributed by atoms with Gasteiger partial charge in [-0.3, -0.25) is 28.9 Å². The molecule has 0 radical (unpaired) electrons. The van der Waals surface area contributed by atoms with E-state index in [1.54, 1.807) is 24.3 Å². The fourth-order valence-electron chi connectivity index (χ4n) is 8.28. The van der Waals surface area contributed by atoms with Crippen molar-refractivity contribution in [3.8, 4) is 11.5 Å². The van der Waals surface area contributed by atoms with E-state index in [1.807, 2.05) is 79.4 Å². The molecule has 6 aromatic rings. The van der Waals surface area contributed by atoms with Gasteiger partial charge in [-0.05, 0) is 48.2 Å². The molecule has 1 amide bonds. The Morgan fingerprint density at radius 2 is 1.12 bits per heavy atom. The standard InChI is InChI=1S/C28H32N4O5.C21H20N2O5/c1-3-21(18-8-5-4-6-9-18)29-23-24(26(34)25(23)33)30-22-11-7-10-20(27(22)36-2)28(35)32-13-12-31-14-15-37-17-19(31)16-32;1-3-14(12-8-5-4-6-9-12)22-16-17(19(25)18(16)24)23-15-11-7-10-13(21(26)27)20(15)28-2/h4-11,19,21,29-30H,3,12-17H2,1-2H3;4-11,14,22-23H,3H2,1-2H3,(H,26,27)/t19-,21-;14-/m11/s1. The summed E-state index contributed by atoms with van der Waals surface area (Å²) in [5.74, 6) is -0.865. The number of morpholine rings is 1. The highest BCUT2D eigenvalue weighted by molar-refractivity contribution is 6.00. The Labute approximate surface area is 375 Å². The molecule has 3 atom stereocenters. The van der Waals surface area contributed by atoms with Crippen LogP contribution in [-0.4, -0.2) is 86.4 Å². The third-order valence-electron chi connectivity index (χ3n) is 11.8. The number of aromatic carboxylic acids is 1. The summed E-state index contributed by atoms with van der Waals surface area (Å²) in [4.78, 5) is 78.4. The van der Waals surface area contributed by atoms with Crippen LogP contribution in [0.5, 0.6) is 11.5 Å². The highest BCUT2D eigenvalue weighted by Gasteiger charge is 2.34. The van der Waals surface area contributed by atoms with Gasteiger partial charge in [0.05, 0.1) is 62.5 Å². The predicted octanol–water partition coefficient (Wildman–Crippen LogP) is 6.05. The van der Waals surface area contributed by atoms with Crippen molar-refractivity contribution in [3.05, 3.63) is 160 Å². The number of carbonyl (C=O) groups is 2. The molecule has 16 nitrogen and oxygen atoms in total. The zero-order chi connectivity index (χ0) is 46.2. The lowest BCUT2D eigenvalue weighted by Crippen LogP contribution is -2.59. The summed E-state index contributed by atoms with van der Waals surface area (Å²) in [5, 5.41) is 21.6. The molecule has 2 aliphatic rings. The van der Waals surface area contributed by atoms with Gasteiger partial charge in [0, 0.05) is 26.2 Å². The van der Waals surface area contributed by atoms with Gasteiger partial charge in [-0.1, -0.05) is 86.6 Å². The fraction of sp³-hybridized carbons (Fsp3) is 0.306. The number of anilines is 6. The minimum absolute atomic E-state index is 0.0450. The van der Waals surface area contributed by atoms with Crippen LogP contribution in [0.15, 0.2) is 116 Å². The van der Waals surface area contributed by atoms with Crippen molar-refractivity contribution in [2.45, 2.75) is 44.8 Å². The fourth-order valence-corrected chi connectivity index (χ4v) is 8.28. The number of carboxylic acids is 1. The van der Waals surface area contributed by atoms with Crippen LogP contribution in [0, 0.1) is 0 Å². The number of rotatable bonds is 16. The molecular weight excluding hydrogens is 833 g/mol. The van der Waals surface area contributed by atoms with E-state index in [1.165, 1.54) is 26.4 Å². The molecular formula is C49H52N6O10. The monoisotopic (exact) mass is 884 g/mol. The molecule has 16 heteroatoms. The minimum atomic E-state index is -1.15. The molecule has 338 valence electrons. The molecule has 2 saturated heterocycles. The lowest BCUT2D eigenvalue weighted by atomic mass is 10.0. The number of carbonyl (C=O) groups excluding carboxylic acids is 1. The van der Waals surface area contributed by atoms with Gasteiger partial charge in [-0.25, -0.2) is 4.79 Å². The Kier molecular flexibility index (Phi) is 14.4. The van der Waals surface area contributed by atoms with Crippen molar-refractivity contribution >= 4 is 46.0 Å². The Balaban J connectivity index is 0.000000202. The molecule has 8 rings (SSSR count). The topological polar surface area (TPSA) is 205 Å². The average molecular weight is 885 g/mol. The number of piperazine rings is 1. The molecule has 2 aliphatic heterocycles. The van der Waals surface area contributed by atoms with Gasteiger partial charge >= 0.3 is 5.97 Å². The minimum Gasteiger partial charge on any atom is -0.494 e. The zero-order valence-electron chi connectivity index (χ0n) is 36.6. The summed E-state index contributed by atoms with van der Waals surface area (Å²) in [7, 11) is 2.84. The predicted molar refractivity (Wildman–Crippen MR) is 250 cm³/mol. The number of nitrogens with zero attached hydrogens (tertiary/aromatic N) is 2. The lowest BCUT2D eigenvalue weighted by molar-refractivity contribution is -0.0395. The van der Waals surface area contributed by atoms with Crippen LogP contribution < -0.4 is 52.5 Å². The second-order valence-electron chi connectivity index (χ2n) is 15.7. The van der Waals surface area contributed by atoms with Gasteiger partial charge in [0.15, 0.2) is 11.5 Å². The lowest BCUT2D eigenvalue weighted by Gasteiger charge is -2.43. The number of hydrogen-bond acceptors (Lipinski definition) is 14. The molecule has 6 aromatic carbocycles. The third-order valence-corrected chi connectivity index (χ3v) is 11.8. The Morgan fingerprint density at radius 3 is 1.60 bits per heavy atom. The number of methoxy groups -OCH3 is 2. The molecule has 0 aromatic heterocycles. The van der Waals surface area contributed by atoms with Crippen molar-refractivity contribution in [2.24, 2.45) is 0 Å². The van der Waals surface area contributed by atoms with E-state index in [0.717, 1.165) is 37.2 Å². The van der Waals surface area contributed by atoms with E-state index < -0.39 is 27.7 Å². The molecule has 2 heterocycles. The number of para-hydroxylation sites is 2. The molecule has 0 unspecified atom stereocenters. The van der Waals surface area contributed by atoms with Gasteiger partial charge in [0.2, 0.25) is 0 Å². The first-order chi connectivity index (χ1) is 31.5. The number of ether oxygens (including phenoxy) is 3. The van der Waals surface area contributed by atoms with Crippen molar-refractivity contribution in [1.82, 2.24) is 9.80 Å². The second kappa shape index (κ2) is 20.5. The van der Waals surface area contributed by atoms with Gasteiger partial charge in [-0.2, -0.15) is 0 Å². The van der Waals surface area contributed by atoms with Gasteiger partial charge in [-0.15, -0.1) is 0 Å². The Hall–Kier alpha value is -7.30. The molecule has 5 N–H and O–H groups in total. The largest absolute Gasteiger partial charge is 0.494 e. The summed E-state index contributed by atoms with van der Waals surface area (Å²) < 4.78 is 16.4. The van der Waals surface area contributed by atoms with Crippen molar-refractivity contribution in [3.63, 3.8) is 0 Å². The van der Waals surface area contributed by atoms with Crippen LogP contribution in [-0.2, 0) is 4.74 Å². The van der Waals surface area contributed by atoms with E-state index in [4.69, 9.17) is 14.2 Å². The van der Waals surface area contributed by atoms with Crippen molar-refractivity contribution < 1.29 is 28.9 Å². The number of benzene rings is 4. The van der Waals surface area contributed by atoms with Gasteiger partial charge in [0.1, 0.15) is 28.3 Å². The first-order valence-corrected chi connectivity index (χ1v) is 21.5. The normalized spacial score (nSPS) is 15.8. The highest BCUT2D eigenvalue weighted by atomic mass is 16.5. The average Bonchev–Trinajstić information content (AvgIpc) is 3.35. The summed E-state index contributed by atoms with van der Waals surface area (Å²) >= 11 is 0. The molecule has 0 saturated carbocycles. The van der Waals surface area contributed by atoms with Crippen molar-refractivity contribution in [1.29, 1.82) is 0 Å². The summed E-state index contributed by atoms with van der Waals surface area (Å²) in [6.45, 7) is 8.23. The Morgan fingerprint density at radius 1 is 0.646 bits per heavy atom. The first-order valence-electron chi connectivity index (χ1n) is 21.5. The van der Waals surface area contributed by atoms with Crippen LogP contribution >= 0.6 is 0 Å². The Bertz CT molecular complexity index is 2780. The molecule has 2 fully saturated rings. The van der Waals surface area contributed by atoms with Crippen molar-refractivity contribution in [2.75, 3.05) is 74.9 Å². The van der Waals surface area contributed by atoms with E-state index in [2.05, 4.69) is 26.2 Å². The number of amides is 1. The maximum absolute atomic E-state index is 13.5. The van der Waals surface area contributed by atoms with E-state index in [0.29, 0.717) is 48.8 Å². The van der Waals surface area contributed by atoms with Crippen LogP contribution in [0.4, 0.5) is 34.1 Å². The summed E-state index contributed by atoms with van der Waals surface area (Å²) in [6, 6.07) is 29.0. The van der Waals surface area contributed by atoms with E-state index in [-0.39, 0.29) is 58.1 Å². The summed E-state index contributed by atoms with van der Waals surface area (Å²) in [5.41, 5.74) is 1.41. The van der Waals surface area contributed by atoms with E-state index in [9.17, 15) is 33.9 Å². The van der Waals surface area contributed by atoms with E-state index >= 15 is 0 Å². The molecule has 0 spiro atoms. The number of fused-ring (bicyclic) bond motifs is 1. The maximum Gasteiger partial charge on any atom is 0.339 e. The van der Waals surface area contributed by atoms with Crippen LogP contribution in [0.1, 0.15) is 70.6 Å². The highest BCUT2D eigenvalue weighted by Crippen LogP contribution is 2.36. The number of carboxylic acid groups (broad SMARTS) is 1. The first kappa shape index (κ1) is 45.7. The SMILES string of the molecule is CC[C@@H](Nc1c(Nc2cccc(C(=O)N3CCN4CCOC[C@H]4C3)c2OC)c(=O)c1=O)c1ccccc1.CC[C@@H](Nc1c(Nc2cccc(C(=O)O)c2OC)c(=O)c1=O)c1ccccc1. The van der Waals surface area contributed by atoms with Crippen LogP contribution in [0.2, 0.25) is 0 Å². The summed E-state index contributed by atoms with van der Waals surface area (Å²) in [6.07, 6.45) is 1.44. The maximum atomic E-state index is 13.5. The smallest absolute Gasteiger partial charge is 0.339 e.